The fourth-order valence-corrected chi connectivity index (χ4v) is 1.49. The second-order valence-electron chi connectivity index (χ2n) is 3.66. The van der Waals surface area contributed by atoms with Crippen molar-refractivity contribution in [2.24, 2.45) is 0 Å². The van der Waals surface area contributed by atoms with Crippen LogP contribution in [-0.4, -0.2) is 24.5 Å². The summed E-state index contributed by atoms with van der Waals surface area (Å²) in [7, 11) is 0. The van der Waals surface area contributed by atoms with Gasteiger partial charge in [-0.1, -0.05) is 18.2 Å². The third-order valence-corrected chi connectivity index (χ3v) is 2.31. The van der Waals surface area contributed by atoms with Crippen molar-refractivity contribution in [2.75, 3.05) is 5.73 Å². The highest BCUT2D eigenvalue weighted by Gasteiger charge is 2.07. The fourth-order valence-electron chi connectivity index (χ4n) is 1.49. The molecule has 2 aromatic heterocycles. The number of hydrogen-bond donors (Lipinski definition) is 1. The summed E-state index contributed by atoms with van der Waals surface area (Å²) in [6.07, 6.45) is 4.90. The van der Waals surface area contributed by atoms with E-state index in [1.807, 2.05) is 18.2 Å². The van der Waals surface area contributed by atoms with Crippen LogP contribution in [0.5, 0.6) is 11.8 Å². The maximum absolute atomic E-state index is 5.64. The van der Waals surface area contributed by atoms with E-state index in [1.165, 1.54) is 0 Å². The van der Waals surface area contributed by atoms with Crippen molar-refractivity contribution in [3.8, 4) is 17.7 Å². The highest BCUT2D eigenvalue weighted by molar-refractivity contribution is 5.29. The smallest absolute Gasteiger partial charge is 0.328 e. The minimum Gasteiger partial charge on any atom is -0.424 e. The number of imidazole rings is 1. The van der Waals surface area contributed by atoms with Crippen molar-refractivity contribution in [1.82, 2.24) is 24.5 Å². The molecule has 1 aromatic carbocycles. The van der Waals surface area contributed by atoms with Crippen LogP contribution in [0.15, 0.2) is 49.1 Å². The van der Waals surface area contributed by atoms with E-state index in [4.69, 9.17) is 10.5 Å². The van der Waals surface area contributed by atoms with Crippen LogP contribution in [0.3, 0.4) is 0 Å². The number of nitrogens with two attached hydrogens (primary N) is 1. The van der Waals surface area contributed by atoms with Gasteiger partial charge in [-0.2, -0.15) is 15.0 Å². The number of hydrogen-bond acceptors (Lipinski definition) is 6. The van der Waals surface area contributed by atoms with Crippen LogP contribution in [0.1, 0.15) is 0 Å². The van der Waals surface area contributed by atoms with Crippen molar-refractivity contribution in [3.05, 3.63) is 49.1 Å². The van der Waals surface area contributed by atoms with E-state index in [9.17, 15) is 0 Å². The van der Waals surface area contributed by atoms with Crippen LogP contribution in [-0.2, 0) is 0 Å². The Morgan fingerprint density at radius 3 is 2.63 bits per heavy atom. The largest absolute Gasteiger partial charge is 0.424 e. The standard InChI is InChI=1S/C12H10N6O/c13-10-15-11(18-7-6-14-8-18)17-12(16-10)19-9-4-2-1-3-5-9/h1-8H,(H2,13,15,16,17). The van der Waals surface area contributed by atoms with Crippen LogP contribution >= 0.6 is 0 Å². The lowest BCUT2D eigenvalue weighted by atomic mass is 10.3. The summed E-state index contributed by atoms with van der Waals surface area (Å²) in [6.45, 7) is 0. The van der Waals surface area contributed by atoms with Gasteiger partial charge in [-0.3, -0.25) is 4.57 Å². The average Bonchev–Trinajstić information content (AvgIpc) is 2.93. The van der Waals surface area contributed by atoms with Gasteiger partial charge in [0.25, 0.3) is 0 Å². The molecular formula is C12H10N6O. The molecule has 0 unspecified atom stereocenters. The molecule has 0 amide bonds. The predicted octanol–water partition coefficient (Wildman–Crippen LogP) is 1.43. The first-order chi connectivity index (χ1) is 9.31. The summed E-state index contributed by atoms with van der Waals surface area (Å²) < 4.78 is 7.14. The fraction of sp³-hybridized carbons (Fsp3) is 0. The van der Waals surface area contributed by atoms with E-state index in [0.29, 0.717) is 11.7 Å². The van der Waals surface area contributed by atoms with Gasteiger partial charge in [-0.15, -0.1) is 0 Å². The lowest BCUT2D eigenvalue weighted by Gasteiger charge is -2.06. The monoisotopic (exact) mass is 254 g/mol. The maximum atomic E-state index is 5.64. The molecule has 7 nitrogen and oxygen atoms in total. The molecule has 3 aromatic rings. The quantitative estimate of drug-likeness (QED) is 0.760. The molecule has 0 saturated heterocycles. The van der Waals surface area contributed by atoms with Gasteiger partial charge in [0.1, 0.15) is 12.1 Å². The molecule has 19 heavy (non-hydrogen) atoms. The molecule has 2 N–H and O–H groups in total. The summed E-state index contributed by atoms with van der Waals surface area (Å²) >= 11 is 0. The molecule has 2 heterocycles. The molecule has 0 aliphatic carbocycles. The molecule has 0 bridgehead atoms. The van der Waals surface area contributed by atoms with Gasteiger partial charge in [0.15, 0.2) is 0 Å². The Labute approximate surface area is 108 Å². The molecule has 0 spiro atoms. The Balaban J connectivity index is 1.94. The summed E-state index contributed by atoms with van der Waals surface area (Å²) in [5, 5.41) is 0. The summed E-state index contributed by atoms with van der Waals surface area (Å²) in [6, 6.07) is 9.36. The van der Waals surface area contributed by atoms with E-state index in [-0.39, 0.29) is 12.0 Å². The first-order valence-corrected chi connectivity index (χ1v) is 5.54. The molecule has 0 atom stereocenters. The Hall–Kier alpha value is -2.96. The number of nitrogens with zero attached hydrogens (tertiary/aromatic N) is 5. The molecule has 0 fully saturated rings. The Morgan fingerprint density at radius 2 is 1.89 bits per heavy atom. The zero-order chi connectivity index (χ0) is 13.1. The van der Waals surface area contributed by atoms with Gasteiger partial charge in [-0.05, 0) is 12.1 Å². The Morgan fingerprint density at radius 1 is 1.05 bits per heavy atom. The van der Waals surface area contributed by atoms with Crippen molar-refractivity contribution in [1.29, 1.82) is 0 Å². The SMILES string of the molecule is Nc1nc(Oc2ccccc2)nc(-n2ccnc2)n1. The van der Waals surface area contributed by atoms with E-state index in [0.717, 1.165) is 0 Å². The predicted molar refractivity (Wildman–Crippen MR) is 67.9 cm³/mol. The van der Waals surface area contributed by atoms with Gasteiger partial charge in [0.05, 0.1) is 0 Å². The first kappa shape index (κ1) is 11.1. The third kappa shape index (κ3) is 2.49. The van der Waals surface area contributed by atoms with E-state index in [2.05, 4.69) is 19.9 Å². The van der Waals surface area contributed by atoms with Gasteiger partial charge >= 0.3 is 6.01 Å². The summed E-state index contributed by atoms with van der Waals surface area (Å²) in [4.78, 5) is 16.0. The van der Waals surface area contributed by atoms with Crippen LogP contribution in [0, 0.1) is 0 Å². The minimum atomic E-state index is 0.0876. The Bertz CT molecular complexity index is 668. The number of nitrogen functional groups attached to an aromatic ring is 1. The highest BCUT2D eigenvalue weighted by Crippen LogP contribution is 2.18. The normalized spacial score (nSPS) is 10.3. The second kappa shape index (κ2) is 4.73. The van der Waals surface area contributed by atoms with Crippen molar-refractivity contribution in [2.45, 2.75) is 0 Å². The second-order valence-corrected chi connectivity index (χ2v) is 3.66. The molecule has 0 saturated carbocycles. The number of anilines is 1. The van der Waals surface area contributed by atoms with Crippen molar-refractivity contribution in [3.63, 3.8) is 0 Å². The van der Waals surface area contributed by atoms with E-state index in [1.54, 1.807) is 35.4 Å². The molecule has 3 rings (SSSR count). The van der Waals surface area contributed by atoms with Gasteiger partial charge in [0, 0.05) is 12.4 Å². The molecule has 0 aliphatic heterocycles. The van der Waals surface area contributed by atoms with Gasteiger partial charge < -0.3 is 10.5 Å². The van der Waals surface area contributed by atoms with E-state index < -0.39 is 0 Å². The third-order valence-electron chi connectivity index (χ3n) is 2.31. The Kier molecular flexibility index (Phi) is 2.77. The first-order valence-electron chi connectivity index (χ1n) is 5.54. The molecule has 7 heteroatoms. The van der Waals surface area contributed by atoms with Gasteiger partial charge in [0.2, 0.25) is 11.9 Å². The molecule has 0 radical (unpaired) electrons. The number of ether oxygens (including phenoxy) is 1. The van der Waals surface area contributed by atoms with Gasteiger partial charge in [-0.25, -0.2) is 4.98 Å². The molecule has 94 valence electrons. The average molecular weight is 254 g/mol. The topological polar surface area (TPSA) is 91.7 Å². The lowest BCUT2D eigenvalue weighted by Crippen LogP contribution is -2.06. The lowest BCUT2D eigenvalue weighted by molar-refractivity contribution is 0.439. The number of rotatable bonds is 3. The minimum absolute atomic E-state index is 0.0876. The van der Waals surface area contributed by atoms with Crippen LogP contribution < -0.4 is 10.5 Å². The number of aromatic nitrogens is 5. The van der Waals surface area contributed by atoms with Crippen molar-refractivity contribution >= 4 is 5.95 Å². The van der Waals surface area contributed by atoms with E-state index >= 15 is 0 Å². The zero-order valence-corrected chi connectivity index (χ0v) is 9.84. The number of para-hydroxylation sites is 1. The maximum Gasteiger partial charge on any atom is 0.328 e. The van der Waals surface area contributed by atoms with Crippen LogP contribution in [0.2, 0.25) is 0 Å². The summed E-state index contributed by atoms with van der Waals surface area (Å²) in [5.74, 6) is 1.07. The molecular weight excluding hydrogens is 244 g/mol. The van der Waals surface area contributed by atoms with Crippen molar-refractivity contribution < 1.29 is 4.74 Å². The zero-order valence-electron chi connectivity index (χ0n) is 9.84. The molecule has 0 aliphatic rings. The highest BCUT2D eigenvalue weighted by atomic mass is 16.5. The van der Waals surface area contributed by atoms with Crippen LogP contribution in [0.25, 0.3) is 5.95 Å². The number of benzene rings is 1. The summed E-state index contributed by atoms with van der Waals surface area (Å²) in [5.41, 5.74) is 5.64. The van der Waals surface area contributed by atoms with Crippen LogP contribution in [0.4, 0.5) is 5.95 Å².